The third-order valence-electron chi connectivity index (χ3n) is 4.26. The summed E-state index contributed by atoms with van der Waals surface area (Å²) in [6.07, 6.45) is 2.24. The maximum atomic E-state index is 2.33. The standard InChI is InChI=1S/C18H21N/c1-4-18(19(2)3)16-11-7-10-15-14-9-6-5-8-13(14)12-17(15)16/h5-11,18H,4,12H2,1-3H3. The van der Waals surface area contributed by atoms with E-state index in [1.54, 1.807) is 0 Å². The lowest BCUT2D eigenvalue weighted by Crippen LogP contribution is -2.20. The molecule has 2 aromatic carbocycles. The molecule has 1 atom stereocenters. The van der Waals surface area contributed by atoms with Gasteiger partial charge in [0.05, 0.1) is 0 Å². The molecule has 1 nitrogen and oxygen atoms in total. The van der Waals surface area contributed by atoms with Gasteiger partial charge in [0.2, 0.25) is 0 Å². The third kappa shape index (κ3) is 1.98. The van der Waals surface area contributed by atoms with Crippen LogP contribution in [0.5, 0.6) is 0 Å². The van der Waals surface area contributed by atoms with Crippen LogP contribution in [0.1, 0.15) is 36.1 Å². The lowest BCUT2D eigenvalue weighted by molar-refractivity contribution is 0.291. The van der Waals surface area contributed by atoms with Gasteiger partial charge in [-0.05, 0) is 54.8 Å². The topological polar surface area (TPSA) is 3.24 Å². The first-order valence-corrected chi connectivity index (χ1v) is 7.09. The van der Waals surface area contributed by atoms with E-state index < -0.39 is 0 Å². The van der Waals surface area contributed by atoms with Gasteiger partial charge in [0.15, 0.2) is 0 Å². The first kappa shape index (κ1) is 12.4. The van der Waals surface area contributed by atoms with Crippen LogP contribution in [-0.4, -0.2) is 19.0 Å². The first-order chi connectivity index (χ1) is 9.22. The van der Waals surface area contributed by atoms with Crippen LogP contribution < -0.4 is 0 Å². The third-order valence-corrected chi connectivity index (χ3v) is 4.26. The number of hydrogen-bond acceptors (Lipinski definition) is 1. The van der Waals surface area contributed by atoms with Gasteiger partial charge >= 0.3 is 0 Å². The Morgan fingerprint density at radius 3 is 2.47 bits per heavy atom. The van der Waals surface area contributed by atoms with Crippen molar-refractivity contribution < 1.29 is 0 Å². The summed E-state index contributed by atoms with van der Waals surface area (Å²) in [5.74, 6) is 0. The Labute approximate surface area is 115 Å². The van der Waals surface area contributed by atoms with Crippen LogP contribution >= 0.6 is 0 Å². The van der Waals surface area contributed by atoms with E-state index in [1.807, 2.05) is 0 Å². The maximum Gasteiger partial charge on any atom is 0.0342 e. The summed E-state index contributed by atoms with van der Waals surface area (Å²) < 4.78 is 0. The Hall–Kier alpha value is -1.60. The Morgan fingerprint density at radius 2 is 1.74 bits per heavy atom. The second-order valence-corrected chi connectivity index (χ2v) is 5.59. The Balaban J connectivity index is 2.13. The lowest BCUT2D eigenvalue weighted by Gasteiger charge is -2.25. The highest BCUT2D eigenvalue weighted by Gasteiger charge is 2.24. The molecule has 0 amide bonds. The summed E-state index contributed by atoms with van der Waals surface area (Å²) >= 11 is 0. The van der Waals surface area contributed by atoms with Crippen LogP contribution in [0, 0.1) is 0 Å². The van der Waals surface area contributed by atoms with Gasteiger partial charge in [0, 0.05) is 6.04 Å². The zero-order valence-electron chi connectivity index (χ0n) is 12.0. The van der Waals surface area contributed by atoms with Crippen LogP contribution in [0.4, 0.5) is 0 Å². The van der Waals surface area contributed by atoms with Crippen molar-refractivity contribution in [3.05, 3.63) is 59.2 Å². The molecule has 2 aromatic rings. The number of benzene rings is 2. The summed E-state index contributed by atoms with van der Waals surface area (Å²) in [4.78, 5) is 2.33. The van der Waals surface area contributed by atoms with E-state index in [4.69, 9.17) is 0 Å². The molecule has 1 heteroatoms. The molecule has 0 heterocycles. The van der Waals surface area contributed by atoms with Crippen LogP contribution in [0.15, 0.2) is 42.5 Å². The summed E-state index contributed by atoms with van der Waals surface area (Å²) in [6.45, 7) is 2.27. The predicted octanol–water partition coefficient (Wildman–Crippen LogP) is 4.27. The van der Waals surface area contributed by atoms with Crippen LogP contribution in [0.25, 0.3) is 11.1 Å². The normalized spacial score (nSPS) is 14.3. The maximum absolute atomic E-state index is 2.33. The van der Waals surface area contributed by atoms with Crippen LogP contribution in [0.2, 0.25) is 0 Å². The molecule has 1 aliphatic rings. The number of fused-ring (bicyclic) bond motifs is 3. The quantitative estimate of drug-likeness (QED) is 0.672. The molecular weight excluding hydrogens is 230 g/mol. The van der Waals surface area contributed by atoms with Gasteiger partial charge < -0.3 is 4.90 Å². The summed E-state index contributed by atoms with van der Waals surface area (Å²) in [5, 5.41) is 0. The van der Waals surface area contributed by atoms with E-state index in [2.05, 4.69) is 68.4 Å². The molecule has 0 bridgehead atoms. The molecule has 1 unspecified atom stereocenters. The first-order valence-electron chi connectivity index (χ1n) is 7.09. The average Bonchev–Trinajstić information content (AvgIpc) is 2.79. The van der Waals surface area contributed by atoms with E-state index in [0.717, 1.165) is 12.8 Å². The molecule has 0 spiro atoms. The lowest BCUT2D eigenvalue weighted by atomic mass is 9.94. The molecule has 1 aliphatic carbocycles. The minimum atomic E-state index is 0.518. The molecule has 0 aromatic heterocycles. The Morgan fingerprint density at radius 1 is 1.00 bits per heavy atom. The van der Waals surface area contributed by atoms with Crippen molar-refractivity contribution in [2.24, 2.45) is 0 Å². The molecule has 0 radical (unpaired) electrons. The molecule has 0 fully saturated rings. The minimum Gasteiger partial charge on any atom is -0.302 e. The number of rotatable bonds is 3. The van der Waals surface area contributed by atoms with Crippen molar-refractivity contribution in [3.63, 3.8) is 0 Å². The largest absolute Gasteiger partial charge is 0.302 e. The Kier molecular flexibility index (Phi) is 3.16. The fraction of sp³-hybridized carbons (Fsp3) is 0.333. The van der Waals surface area contributed by atoms with Crippen LogP contribution in [-0.2, 0) is 6.42 Å². The zero-order valence-corrected chi connectivity index (χ0v) is 12.0. The van der Waals surface area contributed by atoms with Crippen molar-refractivity contribution in [1.29, 1.82) is 0 Å². The number of nitrogens with zero attached hydrogens (tertiary/aromatic N) is 1. The van der Waals surface area contributed by atoms with Gasteiger partial charge in [-0.15, -0.1) is 0 Å². The average molecular weight is 251 g/mol. The van der Waals surface area contributed by atoms with Gasteiger partial charge in [-0.2, -0.15) is 0 Å². The van der Waals surface area contributed by atoms with Crippen molar-refractivity contribution in [2.75, 3.05) is 14.1 Å². The smallest absolute Gasteiger partial charge is 0.0342 e. The van der Waals surface area contributed by atoms with Crippen molar-refractivity contribution in [1.82, 2.24) is 4.90 Å². The van der Waals surface area contributed by atoms with Gasteiger partial charge in [-0.3, -0.25) is 0 Å². The molecule has 3 rings (SSSR count). The fourth-order valence-corrected chi connectivity index (χ4v) is 3.36. The van der Waals surface area contributed by atoms with E-state index in [-0.39, 0.29) is 0 Å². The van der Waals surface area contributed by atoms with Crippen molar-refractivity contribution in [2.45, 2.75) is 25.8 Å². The monoisotopic (exact) mass is 251 g/mol. The van der Waals surface area contributed by atoms with Crippen LogP contribution in [0.3, 0.4) is 0 Å². The van der Waals surface area contributed by atoms with Gasteiger partial charge in [-0.1, -0.05) is 49.4 Å². The molecule has 98 valence electrons. The van der Waals surface area contributed by atoms with Crippen molar-refractivity contribution in [3.8, 4) is 11.1 Å². The molecule has 0 saturated heterocycles. The molecule has 0 N–H and O–H groups in total. The van der Waals surface area contributed by atoms with Gasteiger partial charge in [0.1, 0.15) is 0 Å². The SMILES string of the molecule is CCC(c1cccc2c1Cc1ccccc1-2)N(C)C. The minimum absolute atomic E-state index is 0.518. The molecule has 0 aliphatic heterocycles. The second-order valence-electron chi connectivity index (χ2n) is 5.59. The van der Waals surface area contributed by atoms with E-state index in [9.17, 15) is 0 Å². The predicted molar refractivity (Wildman–Crippen MR) is 81.4 cm³/mol. The molecule has 19 heavy (non-hydrogen) atoms. The highest BCUT2D eigenvalue weighted by molar-refractivity contribution is 5.78. The zero-order chi connectivity index (χ0) is 13.4. The second kappa shape index (κ2) is 4.82. The number of hydrogen-bond donors (Lipinski definition) is 0. The molecule has 0 saturated carbocycles. The Bertz CT molecular complexity index is 598. The summed E-state index contributed by atoms with van der Waals surface area (Å²) in [6, 6.07) is 16.1. The summed E-state index contributed by atoms with van der Waals surface area (Å²) in [7, 11) is 4.35. The fourth-order valence-electron chi connectivity index (χ4n) is 3.36. The van der Waals surface area contributed by atoms with E-state index >= 15 is 0 Å². The van der Waals surface area contributed by atoms with Gasteiger partial charge in [0.25, 0.3) is 0 Å². The highest BCUT2D eigenvalue weighted by atomic mass is 15.1. The molecular formula is C18H21N. The van der Waals surface area contributed by atoms with E-state index in [1.165, 1.54) is 27.8 Å². The van der Waals surface area contributed by atoms with Gasteiger partial charge in [-0.25, -0.2) is 0 Å². The van der Waals surface area contributed by atoms with E-state index in [0.29, 0.717) is 6.04 Å². The summed E-state index contributed by atoms with van der Waals surface area (Å²) in [5.41, 5.74) is 7.37. The highest BCUT2D eigenvalue weighted by Crippen LogP contribution is 2.40. The van der Waals surface area contributed by atoms with Crippen molar-refractivity contribution >= 4 is 0 Å².